The van der Waals surface area contributed by atoms with Gasteiger partial charge in [0, 0.05) is 6.42 Å². The minimum absolute atomic E-state index is 0.323. The molecule has 4 heteroatoms. The number of amidine groups is 1. The van der Waals surface area contributed by atoms with Gasteiger partial charge in [0.25, 0.3) is 0 Å². The maximum Gasteiger partial charge on any atom is 0.139 e. The summed E-state index contributed by atoms with van der Waals surface area (Å²) in [5, 5.41) is 14.7. The Balaban J connectivity index is 2.99. The van der Waals surface area contributed by atoms with E-state index in [0.717, 1.165) is 19.5 Å². The lowest BCUT2D eigenvalue weighted by Gasteiger charge is -2.04. The van der Waals surface area contributed by atoms with Crippen LogP contribution >= 0.6 is 0 Å². The van der Waals surface area contributed by atoms with E-state index in [9.17, 15) is 0 Å². The highest BCUT2D eigenvalue weighted by atomic mass is 16.4. The van der Waals surface area contributed by atoms with Gasteiger partial charge in [-0.25, -0.2) is 0 Å². The van der Waals surface area contributed by atoms with Gasteiger partial charge >= 0.3 is 0 Å². The number of hydrogen-bond donors (Lipinski definition) is 3. The van der Waals surface area contributed by atoms with Crippen molar-refractivity contribution in [3.63, 3.8) is 0 Å². The Morgan fingerprint density at radius 2 is 1.50 bits per heavy atom. The molecule has 0 bridgehead atoms. The Bertz CT molecular complexity index is 195. The second-order valence-corrected chi connectivity index (χ2v) is 4.92. The van der Waals surface area contributed by atoms with Crippen molar-refractivity contribution in [3.8, 4) is 0 Å². The molecule has 0 radical (unpaired) electrons. The molecule has 4 nitrogen and oxygen atoms in total. The van der Waals surface area contributed by atoms with Gasteiger partial charge in [-0.3, -0.25) is 0 Å². The van der Waals surface area contributed by atoms with E-state index in [4.69, 9.17) is 10.9 Å². The van der Waals surface area contributed by atoms with Crippen LogP contribution in [-0.2, 0) is 0 Å². The van der Waals surface area contributed by atoms with Crippen molar-refractivity contribution in [2.24, 2.45) is 10.9 Å². The Morgan fingerprint density at radius 3 is 2.11 bits per heavy atom. The van der Waals surface area contributed by atoms with Gasteiger partial charge in [-0.05, 0) is 25.9 Å². The number of rotatable bonds is 13. The Hall–Kier alpha value is -0.770. The summed E-state index contributed by atoms with van der Waals surface area (Å²) >= 11 is 0. The first-order valence-electron chi connectivity index (χ1n) is 7.48. The average Bonchev–Trinajstić information content (AvgIpc) is 2.39. The minimum Gasteiger partial charge on any atom is -0.409 e. The molecule has 4 N–H and O–H groups in total. The van der Waals surface area contributed by atoms with Gasteiger partial charge in [0.1, 0.15) is 5.84 Å². The highest BCUT2D eigenvalue weighted by Crippen LogP contribution is 2.07. The number of nitrogens with two attached hydrogens (primary N) is 1. The van der Waals surface area contributed by atoms with Crippen LogP contribution in [0.5, 0.6) is 0 Å². The molecular weight excluding hydrogens is 226 g/mol. The third-order valence-electron chi connectivity index (χ3n) is 3.12. The van der Waals surface area contributed by atoms with E-state index in [1.165, 1.54) is 51.4 Å². The van der Waals surface area contributed by atoms with E-state index in [1.54, 1.807) is 0 Å². The maximum atomic E-state index is 8.35. The minimum atomic E-state index is 0.323. The van der Waals surface area contributed by atoms with Crippen molar-refractivity contribution in [1.82, 2.24) is 5.32 Å². The van der Waals surface area contributed by atoms with E-state index in [-0.39, 0.29) is 0 Å². The van der Waals surface area contributed by atoms with Gasteiger partial charge in [0.15, 0.2) is 0 Å². The van der Waals surface area contributed by atoms with Crippen LogP contribution in [0.25, 0.3) is 0 Å². The normalized spacial score (nSPS) is 11.9. The molecule has 0 spiro atoms. The smallest absolute Gasteiger partial charge is 0.139 e. The van der Waals surface area contributed by atoms with Crippen molar-refractivity contribution < 1.29 is 5.21 Å². The Morgan fingerprint density at radius 1 is 0.944 bits per heavy atom. The number of oxime groups is 1. The van der Waals surface area contributed by atoms with Crippen molar-refractivity contribution in [2.75, 3.05) is 13.1 Å². The largest absolute Gasteiger partial charge is 0.409 e. The third kappa shape index (κ3) is 13.3. The van der Waals surface area contributed by atoms with Gasteiger partial charge in [-0.1, -0.05) is 57.0 Å². The Labute approximate surface area is 112 Å². The van der Waals surface area contributed by atoms with Crippen molar-refractivity contribution in [2.45, 2.75) is 71.1 Å². The molecule has 0 saturated carbocycles. The molecule has 0 atom stereocenters. The Kier molecular flexibility index (Phi) is 13.7. The average molecular weight is 257 g/mol. The molecule has 0 aliphatic carbocycles. The summed E-state index contributed by atoms with van der Waals surface area (Å²) in [5.41, 5.74) is 5.38. The highest BCUT2D eigenvalue weighted by Gasteiger charge is 1.94. The van der Waals surface area contributed by atoms with Gasteiger partial charge in [-0.15, -0.1) is 0 Å². The topological polar surface area (TPSA) is 70.6 Å². The fourth-order valence-electron chi connectivity index (χ4n) is 1.95. The molecule has 0 fully saturated rings. The summed E-state index contributed by atoms with van der Waals surface area (Å²) < 4.78 is 0. The fraction of sp³-hybridized carbons (Fsp3) is 0.929. The van der Waals surface area contributed by atoms with Gasteiger partial charge in [0.2, 0.25) is 0 Å². The molecule has 0 aromatic rings. The van der Waals surface area contributed by atoms with Gasteiger partial charge in [0.05, 0.1) is 0 Å². The van der Waals surface area contributed by atoms with Crippen LogP contribution in [0.3, 0.4) is 0 Å². The molecule has 0 amide bonds. The van der Waals surface area contributed by atoms with Crippen LogP contribution in [0.15, 0.2) is 5.16 Å². The SMILES string of the molecule is CCCCCCCCCCNCCCC(N)=NO. The van der Waals surface area contributed by atoms with E-state index >= 15 is 0 Å². The first-order valence-corrected chi connectivity index (χ1v) is 7.48. The zero-order valence-electron chi connectivity index (χ0n) is 12.0. The molecule has 0 heterocycles. The number of nitrogens with one attached hydrogen (secondary N) is 1. The van der Waals surface area contributed by atoms with E-state index < -0.39 is 0 Å². The summed E-state index contributed by atoms with van der Waals surface area (Å²) in [7, 11) is 0. The highest BCUT2D eigenvalue weighted by molar-refractivity contribution is 5.79. The van der Waals surface area contributed by atoms with Crippen molar-refractivity contribution in [3.05, 3.63) is 0 Å². The van der Waals surface area contributed by atoms with Crippen LogP contribution in [0.4, 0.5) is 0 Å². The lowest BCUT2D eigenvalue weighted by Crippen LogP contribution is -2.19. The standard InChI is InChI=1S/C14H31N3O/c1-2-3-4-5-6-7-8-9-12-16-13-10-11-14(15)17-18/h16,18H,2-13H2,1H3,(H2,15,17). The van der Waals surface area contributed by atoms with Gasteiger partial charge in [-0.2, -0.15) is 0 Å². The van der Waals surface area contributed by atoms with E-state index in [0.29, 0.717) is 12.3 Å². The first-order chi connectivity index (χ1) is 8.81. The predicted octanol–water partition coefficient (Wildman–Crippen LogP) is 3.24. The molecule has 18 heavy (non-hydrogen) atoms. The van der Waals surface area contributed by atoms with Crippen LogP contribution in [0.2, 0.25) is 0 Å². The van der Waals surface area contributed by atoms with E-state index in [1.807, 2.05) is 0 Å². The summed E-state index contributed by atoms with van der Waals surface area (Å²) in [6.45, 7) is 4.30. The summed E-state index contributed by atoms with van der Waals surface area (Å²) in [6.07, 6.45) is 12.5. The zero-order valence-corrected chi connectivity index (χ0v) is 12.0. The quantitative estimate of drug-likeness (QED) is 0.156. The molecule has 0 aliphatic rings. The lowest BCUT2D eigenvalue weighted by atomic mass is 10.1. The molecule has 0 saturated heterocycles. The lowest BCUT2D eigenvalue weighted by molar-refractivity contribution is 0.316. The second kappa shape index (κ2) is 14.3. The second-order valence-electron chi connectivity index (χ2n) is 4.92. The predicted molar refractivity (Wildman–Crippen MR) is 78.1 cm³/mol. The molecule has 0 aromatic heterocycles. The molecule has 0 rings (SSSR count). The van der Waals surface area contributed by atoms with Crippen molar-refractivity contribution in [1.29, 1.82) is 0 Å². The fourth-order valence-corrected chi connectivity index (χ4v) is 1.95. The van der Waals surface area contributed by atoms with Gasteiger partial charge < -0.3 is 16.3 Å². The number of nitrogens with zero attached hydrogens (tertiary/aromatic N) is 1. The van der Waals surface area contributed by atoms with Crippen molar-refractivity contribution >= 4 is 5.84 Å². The van der Waals surface area contributed by atoms with Crippen LogP contribution in [0, 0.1) is 0 Å². The number of hydrogen-bond acceptors (Lipinski definition) is 3. The van der Waals surface area contributed by atoms with E-state index in [2.05, 4.69) is 17.4 Å². The molecule has 0 aliphatic heterocycles. The number of unbranched alkanes of at least 4 members (excludes halogenated alkanes) is 7. The van der Waals surface area contributed by atoms with Crippen LogP contribution in [-0.4, -0.2) is 24.1 Å². The molecule has 0 unspecified atom stereocenters. The third-order valence-corrected chi connectivity index (χ3v) is 3.12. The zero-order chi connectivity index (χ0) is 13.5. The summed E-state index contributed by atoms with van der Waals surface area (Å²) in [5.74, 6) is 0.323. The summed E-state index contributed by atoms with van der Waals surface area (Å²) in [6, 6.07) is 0. The molecule has 108 valence electrons. The first kappa shape index (κ1) is 17.2. The maximum absolute atomic E-state index is 8.35. The molecule has 0 aromatic carbocycles. The summed E-state index contributed by atoms with van der Waals surface area (Å²) in [4.78, 5) is 0. The van der Waals surface area contributed by atoms with Crippen LogP contribution < -0.4 is 11.1 Å². The monoisotopic (exact) mass is 257 g/mol. The molecular formula is C14H31N3O. The van der Waals surface area contributed by atoms with Crippen LogP contribution in [0.1, 0.15) is 71.1 Å².